The number of nitrogens with one attached hydrogen (secondary N) is 3. The number of nitrogens with zero attached hydrogens (tertiary/aromatic N) is 1. The molecule has 0 radical (unpaired) electrons. The fraction of sp³-hybridized carbons (Fsp3) is 0.875. The minimum absolute atomic E-state index is 0. The van der Waals surface area contributed by atoms with Crippen molar-refractivity contribution in [2.45, 2.75) is 59.4 Å². The van der Waals surface area contributed by atoms with Gasteiger partial charge in [0.25, 0.3) is 0 Å². The molecule has 1 rings (SSSR count). The van der Waals surface area contributed by atoms with Gasteiger partial charge in [0, 0.05) is 25.0 Å². The van der Waals surface area contributed by atoms with Crippen LogP contribution in [0, 0.1) is 11.8 Å². The van der Waals surface area contributed by atoms with Gasteiger partial charge in [-0.3, -0.25) is 9.79 Å². The molecule has 0 saturated heterocycles. The molecule has 5 nitrogen and oxygen atoms in total. The van der Waals surface area contributed by atoms with E-state index in [4.69, 9.17) is 0 Å². The van der Waals surface area contributed by atoms with Crippen LogP contribution in [-0.4, -0.2) is 37.5 Å². The highest BCUT2D eigenvalue weighted by Crippen LogP contribution is 2.23. The molecule has 1 aliphatic rings. The first-order valence-corrected chi connectivity index (χ1v) is 8.35. The minimum atomic E-state index is 0. The maximum absolute atomic E-state index is 11.5. The Morgan fingerprint density at radius 2 is 1.82 bits per heavy atom. The summed E-state index contributed by atoms with van der Waals surface area (Å²) in [6, 6.07) is 0.532. The lowest BCUT2D eigenvalue weighted by molar-refractivity contribution is -0.123. The Balaban J connectivity index is 0.00000441. The lowest BCUT2D eigenvalue weighted by atomic mass is 9.87. The number of hydrogen-bond donors (Lipinski definition) is 3. The van der Waals surface area contributed by atoms with E-state index in [1.165, 1.54) is 25.7 Å². The molecule has 0 bridgehead atoms. The molecule has 0 spiro atoms. The molecule has 0 aliphatic heterocycles. The Hall–Kier alpha value is -0.530. The van der Waals surface area contributed by atoms with Gasteiger partial charge < -0.3 is 16.0 Å². The van der Waals surface area contributed by atoms with Crippen molar-refractivity contribution < 1.29 is 4.79 Å². The maximum Gasteiger partial charge on any atom is 0.222 e. The van der Waals surface area contributed by atoms with Crippen molar-refractivity contribution in [1.29, 1.82) is 0 Å². The number of hydrogen-bond acceptors (Lipinski definition) is 2. The molecule has 130 valence electrons. The summed E-state index contributed by atoms with van der Waals surface area (Å²) in [6.45, 7) is 10.2. The van der Waals surface area contributed by atoms with Gasteiger partial charge in [-0.25, -0.2) is 0 Å². The fourth-order valence-electron chi connectivity index (χ4n) is 2.47. The zero-order chi connectivity index (χ0) is 15.7. The lowest BCUT2D eigenvalue weighted by Gasteiger charge is -2.28. The van der Waals surface area contributed by atoms with E-state index in [2.05, 4.69) is 34.8 Å². The SMILES string of the molecule is CCNC(=NCCNC(=O)C(C)C)NC1CCC(C)CC1.I. The molecular weight excluding hydrogens is 391 g/mol. The molecule has 0 aromatic heterocycles. The molecule has 0 aromatic rings. The highest BCUT2D eigenvalue weighted by Gasteiger charge is 2.18. The average molecular weight is 424 g/mol. The summed E-state index contributed by atoms with van der Waals surface area (Å²) in [5.74, 6) is 1.85. The number of aliphatic imine (C=N–C) groups is 1. The van der Waals surface area contributed by atoms with Gasteiger partial charge in [-0.05, 0) is 38.5 Å². The largest absolute Gasteiger partial charge is 0.357 e. The second-order valence-electron chi connectivity index (χ2n) is 6.31. The molecule has 0 atom stereocenters. The number of guanidine groups is 1. The monoisotopic (exact) mass is 424 g/mol. The van der Waals surface area contributed by atoms with Crippen LogP contribution in [0.15, 0.2) is 4.99 Å². The Bertz CT molecular complexity index is 339. The molecule has 1 saturated carbocycles. The normalized spacial score (nSPS) is 22.0. The number of carbonyl (C=O) groups is 1. The molecule has 0 heterocycles. The molecule has 22 heavy (non-hydrogen) atoms. The molecule has 0 unspecified atom stereocenters. The number of rotatable bonds is 6. The molecule has 6 heteroatoms. The lowest BCUT2D eigenvalue weighted by Crippen LogP contribution is -2.45. The summed E-state index contributed by atoms with van der Waals surface area (Å²) in [5, 5.41) is 9.68. The van der Waals surface area contributed by atoms with Gasteiger partial charge in [0.05, 0.1) is 6.54 Å². The van der Waals surface area contributed by atoms with E-state index < -0.39 is 0 Å². The van der Waals surface area contributed by atoms with Gasteiger partial charge in [-0.2, -0.15) is 0 Å². The fourth-order valence-corrected chi connectivity index (χ4v) is 2.47. The van der Waals surface area contributed by atoms with E-state index in [-0.39, 0.29) is 35.8 Å². The van der Waals surface area contributed by atoms with Crippen LogP contribution >= 0.6 is 24.0 Å². The predicted octanol–water partition coefficient (Wildman–Crippen LogP) is 2.51. The Morgan fingerprint density at radius 3 is 2.36 bits per heavy atom. The molecule has 1 amide bonds. The van der Waals surface area contributed by atoms with Gasteiger partial charge >= 0.3 is 0 Å². The third-order valence-corrected chi connectivity index (χ3v) is 3.91. The van der Waals surface area contributed by atoms with Crippen LogP contribution in [0.4, 0.5) is 0 Å². The first kappa shape index (κ1) is 21.5. The zero-order valence-corrected chi connectivity index (χ0v) is 16.8. The molecule has 1 aliphatic carbocycles. The smallest absolute Gasteiger partial charge is 0.222 e. The first-order valence-electron chi connectivity index (χ1n) is 8.35. The van der Waals surface area contributed by atoms with Crippen molar-refractivity contribution in [2.75, 3.05) is 19.6 Å². The average Bonchev–Trinajstić information content (AvgIpc) is 2.45. The highest BCUT2D eigenvalue weighted by atomic mass is 127. The summed E-state index contributed by atoms with van der Waals surface area (Å²) in [5.41, 5.74) is 0. The summed E-state index contributed by atoms with van der Waals surface area (Å²) < 4.78 is 0. The van der Waals surface area contributed by atoms with Crippen molar-refractivity contribution in [3.8, 4) is 0 Å². The van der Waals surface area contributed by atoms with Crippen LogP contribution in [0.25, 0.3) is 0 Å². The van der Waals surface area contributed by atoms with Crippen molar-refractivity contribution in [1.82, 2.24) is 16.0 Å². The summed E-state index contributed by atoms with van der Waals surface area (Å²) in [7, 11) is 0. The van der Waals surface area contributed by atoms with E-state index in [0.717, 1.165) is 18.4 Å². The topological polar surface area (TPSA) is 65.5 Å². The molecular formula is C16H33IN4O. The van der Waals surface area contributed by atoms with E-state index in [0.29, 0.717) is 19.1 Å². The Labute approximate surface area is 152 Å². The van der Waals surface area contributed by atoms with Crippen LogP contribution in [0.1, 0.15) is 53.4 Å². The second-order valence-corrected chi connectivity index (χ2v) is 6.31. The number of amides is 1. The Morgan fingerprint density at radius 1 is 1.18 bits per heavy atom. The van der Waals surface area contributed by atoms with E-state index in [9.17, 15) is 4.79 Å². The van der Waals surface area contributed by atoms with Crippen molar-refractivity contribution in [3.05, 3.63) is 0 Å². The number of halogens is 1. The van der Waals surface area contributed by atoms with E-state index in [1.807, 2.05) is 13.8 Å². The highest BCUT2D eigenvalue weighted by molar-refractivity contribution is 14.0. The number of carbonyl (C=O) groups excluding carboxylic acids is 1. The molecule has 3 N–H and O–H groups in total. The quantitative estimate of drug-likeness (QED) is 0.266. The second kappa shape index (κ2) is 12.0. The molecule has 1 fully saturated rings. The minimum Gasteiger partial charge on any atom is -0.357 e. The van der Waals surface area contributed by atoms with Crippen molar-refractivity contribution in [2.24, 2.45) is 16.8 Å². The van der Waals surface area contributed by atoms with Gasteiger partial charge in [0.1, 0.15) is 0 Å². The van der Waals surface area contributed by atoms with Gasteiger partial charge in [0.15, 0.2) is 5.96 Å². The van der Waals surface area contributed by atoms with Crippen LogP contribution in [0.5, 0.6) is 0 Å². The summed E-state index contributed by atoms with van der Waals surface area (Å²) >= 11 is 0. The van der Waals surface area contributed by atoms with E-state index in [1.54, 1.807) is 0 Å². The Kier molecular flexibility index (Phi) is 11.7. The summed E-state index contributed by atoms with van der Waals surface area (Å²) in [6.07, 6.45) is 5.02. The zero-order valence-electron chi connectivity index (χ0n) is 14.4. The van der Waals surface area contributed by atoms with Gasteiger partial charge in [-0.15, -0.1) is 24.0 Å². The van der Waals surface area contributed by atoms with Crippen LogP contribution in [0.2, 0.25) is 0 Å². The first-order chi connectivity index (χ1) is 10.0. The molecule has 0 aromatic carbocycles. The van der Waals surface area contributed by atoms with Crippen molar-refractivity contribution >= 4 is 35.8 Å². The van der Waals surface area contributed by atoms with Gasteiger partial charge in [-0.1, -0.05) is 20.8 Å². The predicted molar refractivity (Wildman–Crippen MR) is 104 cm³/mol. The van der Waals surface area contributed by atoms with Crippen LogP contribution in [0.3, 0.4) is 0 Å². The van der Waals surface area contributed by atoms with E-state index >= 15 is 0 Å². The van der Waals surface area contributed by atoms with Gasteiger partial charge in [0.2, 0.25) is 5.91 Å². The van der Waals surface area contributed by atoms with Crippen LogP contribution in [-0.2, 0) is 4.79 Å². The van der Waals surface area contributed by atoms with Crippen molar-refractivity contribution in [3.63, 3.8) is 0 Å². The summed E-state index contributed by atoms with van der Waals surface area (Å²) in [4.78, 5) is 16.0. The third kappa shape index (κ3) is 8.80. The maximum atomic E-state index is 11.5. The third-order valence-electron chi connectivity index (χ3n) is 3.91. The standard InChI is InChI=1S/C16H32N4O.HI/c1-5-17-16(19-11-10-18-15(21)12(2)3)20-14-8-6-13(4)7-9-14;/h12-14H,5-11H2,1-4H3,(H,18,21)(H2,17,19,20);1H. The van der Waals surface area contributed by atoms with Crippen LogP contribution < -0.4 is 16.0 Å².